The van der Waals surface area contributed by atoms with Gasteiger partial charge in [0.05, 0.1) is 18.0 Å². The second-order valence-corrected chi connectivity index (χ2v) is 11.9. The molecule has 14 heteroatoms. The van der Waals surface area contributed by atoms with Gasteiger partial charge in [-0.3, -0.25) is 9.59 Å². The van der Waals surface area contributed by atoms with E-state index in [1.54, 1.807) is 11.8 Å². The summed E-state index contributed by atoms with van der Waals surface area (Å²) in [7, 11) is -4.01. The molecule has 0 saturated carbocycles. The number of nitrogens with zero attached hydrogens (tertiary/aromatic N) is 2. The van der Waals surface area contributed by atoms with Gasteiger partial charge in [-0.05, 0) is 19.8 Å². The molecule has 33 heavy (non-hydrogen) atoms. The summed E-state index contributed by atoms with van der Waals surface area (Å²) < 4.78 is 25.1. The quantitative estimate of drug-likeness (QED) is 0.244. The van der Waals surface area contributed by atoms with Crippen LogP contribution in [0.15, 0.2) is 10.6 Å². The summed E-state index contributed by atoms with van der Waals surface area (Å²) in [6.07, 6.45) is 1.33. The van der Waals surface area contributed by atoms with E-state index in [-0.39, 0.29) is 34.9 Å². The van der Waals surface area contributed by atoms with Crippen molar-refractivity contribution in [3.05, 3.63) is 10.6 Å². The number of amides is 2. The van der Waals surface area contributed by atoms with E-state index in [2.05, 4.69) is 10.0 Å². The first kappa shape index (κ1) is 24.4. The van der Waals surface area contributed by atoms with Crippen LogP contribution in [0.4, 0.5) is 0 Å². The summed E-state index contributed by atoms with van der Waals surface area (Å²) in [6, 6.07) is -1.57. The Hall–Kier alpha value is -1.71. The second kappa shape index (κ2) is 8.82. The molecule has 0 radical (unpaired) electrons. The molecule has 0 bridgehead atoms. The third-order valence-corrected chi connectivity index (χ3v) is 9.11. The monoisotopic (exact) mass is 502 g/mol. The highest BCUT2D eigenvalue weighted by atomic mass is 32.2. The van der Waals surface area contributed by atoms with Crippen LogP contribution in [0.1, 0.15) is 26.7 Å². The van der Waals surface area contributed by atoms with E-state index in [0.29, 0.717) is 31.0 Å². The molecule has 4 heterocycles. The van der Waals surface area contributed by atoms with Gasteiger partial charge < -0.3 is 26.0 Å². The van der Waals surface area contributed by atoms with Crippen molar-refractivity contribution in [1.29, 1.82) is 0 Å². The number of carboxylic acids is 1. The van der Waals surface area contributed by atoms with E-state index in [1.807, 2.05) is 6.92 Å². The van der Waals surface area contributed by atoms with Crippen LogP contribution < -0.4 is 20.9 Å². The van der Waals surface area contributed by atoms with Gasteiger partial charge in [0.25, 0.3) is 10.2 Å². The van der Waals surface area contributed by atoms with Crippen molar-refractivity contribution in [2.45, 2.75) is 56.1 Å². The lowest BCUT2D eigenvalue weighted by Crippen LogP contribution is -2.66. The van der Waals surface area contributed by atoms with Crippen LogP contribution in [-0.4, -0.2) is 90.2 Å². The Balaban J connectivity index is 1.46. The predicted molar refractivity (Wildman–Crippen MR) is 121 cm³/mol. The van der Waals surface area contributed by atoms with Gasteiger partial charge in [-0.15, -0.1) is 11.8 Å². The fourth-order valence-corrected chi connectivity index (χ4v) is 7.54. The SMILES string of the molecule is C[C@@H](NS(N)(=O)=O)[C@H]1C(=O)N2C(C(=O)O)=C(S[C@@H]3CN[C@H](C(=O)N4CC[C@@H](N)C4)C3)[C@H](C)[C@H]12. The summed E-state index contributed by atoms with van der Waals surface area (Å²) in [4.78, 5) is 41.2. The zero-order chi connectivity index (χ0) is 24.2. The minimum Gasteiger partial charge on any atom is -0.477 e. The van der Waals surface area contributed by atoms with E-state index in [0.717, 1.165) is 6.42 Å². The number of carbonyl (C=O) groups is 3. The number of hydrogen-bond acceptors (Lipinski definition) is 8. The summed E-state index contributed by atoms with van der Waals surface area (Å²) in [5.41, 5.74) is 5.86. The smallest absolute Gasteiger partial charge is 0.353 e. The predicted octanol–water partition coefficient (Wildman–Crippen LogP) is -2.04. The molecule has 184 valence electrons. The number of aliphatic carboxylic acids is 1. The molecular formula is C19H30N6O6S2. The van der Waals surface area contributed by atoms with Gasteiger partial charge in [-0.2, -0.15) is 13.1 Å². The maximum Gasteiger partial charge on any atom is 0.353 e. The molecule has 2 amide bonds. The fraction of sp³-hybridized carbons (Fsp3) is 0.737. The fourth-order valence-electron chi connectivity index (χ4n) is 5.40. The zero-order valence-electron chi connectivity index (χ0n) is 18.4. The maximum absolute atomic E-state index is 12.8. The van der Waals surface area contributed by atoms with Gasteiger partial charge in [-0.25, -0.2) is 9.93 Å². The van der Waals surface area contributed by atoms with E-state index in [1.165, 1.54) is 16.7 Å². The standard InChI is InChI=1S/C19H30N6O6S2/c1-8-14-13(9(2)23-33(21,30)31)18(27)25(14)15(19(28)29)16(8)32-11-5-12(22-6-11)17(26)24-4-3-10(20)7-24/h8-14,22-23H,3-7,20H2,1-2H3,(H,28,29)(H2,21,30,31)/t8-,9-,10-,11+,12+,13-,14-/m1/s1. The van der Waals surface area contributed by atoms with Crippen LogP contribution >= 0.6 is 11.8 Å². The van der Waals surface area contributed by atoms with E-state index < -0.39 is 40.1 Å². The van der Waals surface area contributed by atoms with Gasteiger partial charge in [0, 0.05) is 47.8 Å². The van der Waals surface area contributed by atoms with Crippen molar-refractivity contribution in [1.82, 2.24) is 19.8 Å². The molecular weight excluding hydrogens is 472 g/mol. The molecule has 7 N–H and O–H groups in total. The first-order valence-corrected chi connectivity index (χ1v) is 13.4. The van der Waals surface area contributed by atoms with Gasteiger partial charge in [0.2, 0.25) is 11.8 Å². The number of thioether (sulfide) groups is 1. The Morgan fingerprint density at radius 1 is 1.36 bits per heavy atom. The van der Waals surface area contributed by atoms with Crippen molar-refractivity contribution in [3.8, 4) is 0 Å². The number of carbonyl (C=O) groups excluding carboxylic acids is 2. The van der Waals surface area contributed by atoms with Crippen LogP contribution in [-0.2, 0) is 24.6 Å². The zero-order valence-corrected chi connectivity index (χ0v) is 20.1. The normalized spacial score (nSPS) is 35.1. The van der Waals surface area contributed by atoms with Crippen LogP contribution in [0.25, 0.3) is 0 Å². The van der Waals surface area contributed by atoms with Crippen molar-refractivity contribution in [2.24, 2.45) is 22.7 Å². The molecule has 12 nitrogen and oxygen atoms in total. The second-order valence-electron chi connectivity index (χ2n) is 9.25. The van der Waals surface area contributed by atoms with Crippen LogP contribution in [0, 0.1) is 11.8 Å². The average Bonchev–Trinajstić information content (AvgIpc) is 3.39. The molecule has 3 fully saturated rings. The Kier molecular flexibility index (Phi) is 6.52. The van der Waals surface area contributed by atoms with Gasteiger partial charge >= 0.3 is 5.97 Å². The largest absolute Gasteiger partial charge is 0.477 e. The summed E-state index contributed by atoms with van der Waals surface area (Å²) in [5.74, 6) is -2.62. The Bertz CT molecular complexity index is 1000. The third kappa shape index (κ3) is 4.51. The lowest BCUT2D eigenvalue weighted by atomic mass is 9.78. The highest BCUT2D eigenvalue weighted by molar-refractivity contribution is 8.03. The molecule has 0 aromatic carbocycles. The molecule has 3 saturated heterocycles. The van der Waals surface area contributed by atoms with Crippen LogP contribution in [0.5, 0.6) is 0 Å². The van der Waals surface area contributed by atoms with Crippen molar-refractivity contribution in [2.75, 3.05) is 19.6 Å². The topological polar surface area (TPSA) is 188 Å². The number of hydrogen-bond donors (Lipinski definition) is 5. The van der Waals surface area contributed by atoms with Crippen molar-refractivity contribution >= 4 is 39.8 Å². The number of carboxylic acid groups (broad SMARTS) is 1. The highest BCUT2D eigenvalue weighted by Gasteiger charge is 2.60. The van der Waals surface area contributed by atoms with Crippen LogP contribution in [0.3, 0.4) is 0 Å². The molecule has 4 rings (SSSR count). The first-order valence-electron chi connectivity index (χ1n) is 10.9. The molecule has 0 aliphatic carbocycles. The Morgan fingerprint density at radius 3 is 2.64 bits per heavy atom. The van der Waals surface area contributed by atoms with E-state index >= 15 is 0 Å². The number of β-lactam (4-membered cyclic amide) rings is 1. The van der Waals surface area contributed by atoms with Gasteiger partial charge in [0.1, 0.15) is 5.70 Å². The van der Waals surface area contributed by atoms with E-state index in [9.17, 15) is 27.9 Å². The summed E-state index contributed by atoms with van der Waals surface area (Å²) in [5, 5.41) is 18.1. The lowest BCUT2D eigenvalue weighted by molar-refractivity contribution is -0.157. The Morgan fingerprint density at radius 2 is 2.06 bits per heavy atom. The molecule has 4 aliphatic heterocycles. The minimum absolute atomic E-state index is 0.00397. The first-order chi connectivity index (χ1) is 15.4. The average molecular weight is 503 g/mol. The molecule has 4 aliphatic rings. The number of likely N-dealkylation sites (tertiary alicyclic amines) is 1. The molecule has 0 aromatic rings. The molecule has 0 spiro atoms. The summed E-state index contributed by atoms with van der Waals surface area (Å²) >= 11 is 1.38. The number of nitrogens with two attached hydrogens (primary N) is 2. The number of fused-ring (bicyclic) bond motifs is 1. The maximum atomic E-state index is 12.8. The third-order valence-electron chi connectivity index (χ3n) is 6.90. The van der Waals surface area contributed by atoms with Crippen molar-refractivity contribution < 1.29 is 27.9 Å². The molecule has 0 aromatic heterocycles. The van der Waals surface area contributed by atoms with Gasteiger partial charge in [-0.1, -0.05) is 6.92 Å². The van der Waals surface area contributed by atoms with E-state index in [4.69, 9.17) is 10.9 Å². The minimum atomic E-state index is -4.01. The number of rotatable bonds is 7. The van der Waals surface area contributed by atoms with Crippen molar-refractivity contribution in [3.63, 3.8) is 0 Å². The van der Waals surface area contributed by atoms with Crippen LogP contribution in [0.2, 0.25) is 0 Å². The Labute approximate surface area is 196 Å². The highest BCUT2D eigenvalue weighted by Crippen LogP contribution is 2.51. The number of nitrogens with one attached hydrogen (secondary N) is 2. The lowest BCUT2D eigenvalue weighted by Gasteiger charge is -2.47. The summed E-state index contributed by atoms with van der Waals surface area (Å²) in [6.45, 7) is 5.12. The molecule has 7 atom stereocenters. The van der Waals surface area contributed by atoms with Gasteiger partial charge in [0.15, 0.2) is 0 Å². The molecule has 0 unspecified atom stereocenters.